The number of amides is 1. The van der Waals surface area contributed by atoms with Gasteiger partial charge in [0.15, 0.2) is 0 Å². The Labute approximate surface area is 92.1 Å². The van der Waals surface area contributed by atoms with Crippen LogP contribution in [0.2, 0.25) is 0 Å². The molecule has 0 saturated heterocycles. The molecule has 0 aromatic carbocycles. The number of hydrogen-bond acceptors (Lipinski definition) is 3. The Balaban J connectivity index is 1.98. The third kappa shape index (κ3) is 2.33. The molecule has 0 aliphatic heterocycles. The van der Waals surface area contributed by atoms with E-state index in [9.17, 15) is 14.7 Å². The van der Waals surface area contributed by atoms with E-state index in [2.05, 4.69) is 15.3 Å². The molecule has 16 heavy (non-hydrogen) atoms. The molecule has 2 atom stereocenters. The van der Waals surface area contributed by atoms with Gasteiger partial charge in [-0.05, 0) is 12.8 Å². The molecule has 1 heterocycles. The van der Waals surface area contributed by atoms with Crippen LogP contribution < -0.4 is 11.0 Å². The minimum absolute atomic E-state index is 0.197. The highest BCUT2D eigenvalue weighted by Crippen LogP contribution is 2.18. The predicted octanol–water partition coefficient (Wildman–Crippen LogP) is -0.264. The first-order valence-corrected chi connectivity index (χ1v) is 5.43. The summed E-state index contributed by atoms with van der Waals surface area (Å²) in [5.41, 5.74) is -0.211. The number of hydrogen-bond donors (Lipinski definition) is 4. The number of nitrogens with one attached hydrogen (secondary N) is 3. The third-order valence-corrected chi connectivity index (χ3v) is 2.89. The van der Waals surface area contributed by atoms with Gasteiger partial charge in [-0.3, -0.25) is 4.79 Å². The summed E-state index contributed by atoms with van der Waals surface area (Å²) in [6, 6.07) is -0.209. The molecule has 0 bridgehead atoms. The molecule has 6 nitrogen and oxygen atoms in total. The van der Waals surface area contributed by atoms with Gasteiger partial charge in [-0.2, -0.15) is 0 Å². The molecule has 1 amide bonds. The molecule has 1 aliphatic rings. The maximum absolute atomic E-state index is 11.7. The number of rotatable bonds is 2. The lowest BCUT2D eigenvalue weighted by atomic mass is 9.92. The van der Waals surface area contributed by atoms with E-state index in [-0.39, 0.29) is 17.6 Å². The normalized spacial score (nSPS) is 25.3. The van der Waals surface area contributed by atoms with Crippen molar-refractivity contribution in [2.45, 2.75) is 37.8 Å². The molecular weight excluding hydrogens is 210 g/mol. The van der Waals surface area contributed by atoms with Gasteiger partial charge in [0.1, 0.15) is 5.69 Å². The zero-order valence-electron chi connectivity index (χ0n) is 8.82. The summed E-state index contributed by atoms with van der Waals surface area (Å²) in [7, 11) is 0. The molecule has 1 aromatic rings. The Bertz CT molecular complexity index is 423. The molecule has 1 fully saturated rings. The lowest BCUT2D eigenvalue weighted by molar-refractivity contribution is 0.0714. The smallest absolute Gasteiger partial charge is 0.323 e. The third-order valence-electron chi connectivity index (χ3n) is 2.89. The number of aliphatic hydroxyl groups excluding tert-OH is 1. The maximum atomic E-state index is 11.7. The van der Waals surface area contributed by atoms with Crippen LogP contribution in [0.15, 0.2) is 11.0 Å². The average molecular weight is 225 g/mol. The van der Waals surface area contributed by atoms with Crippen molar-refractivity contribution in [2.75, 3.05) is 0 Å². The minimum Gasteiger partial charge on any atom is -0.391 e. The van der Waals surface area contributed by atoms with Crippen LogP contribution in [0.4, 0.5) is 0 Å². The second kappa shape index (κ2) is 4.52. The maximum Gasteiger partial charge on any atom is 0.323 e. The van der Waals surface area contributed by atoms with Crippen molar-refractivity contribution >= 4 is 5.91 Å². The van der Waals surface area contributed by atoms with E-state index in [1.807, 2.05) is 0 Å². The Morgan fingerprint density at radius 2 is 2.19 bits per heavy atom. The summed E-state index contributed by atoms with van der Waals surface area (Å²) in [6.07, 6.45) is 4.34. The van der Waals surface area contributed by atoms with Gasteiger partial charge in [0.05, 0.1) is 12.1 Å². The van der Waals surface area contributed by atoms with Gasteiger partial charge in [-0.25, -0.2) is 4.79 Å². The highest BCUT2D eigenvalue weighted by atomic mass is 16.3. The van der Waals surface area contributed by atoms with Crippen molar-refractivity contribution in [2.24, 2.45) is 0 Å². The highest BCUT2D eigenvalue weighted by Gasteiger charge is 2.25. The van der Waals surface area contributed by atoms with Crippen LogP contribution >= 0.6 is 0 Å². The van der Waals surface area contributed by atoms with Gasteiger partial charge >= 0.3 is 5.69 Å². The molecular formula is C10H15N3O3. The van der Waals surface area contributed by atoms with Crippen LogP contribution in [0, 0.1) is 0 Å². The van der Waals surface area contributed by atoms with Gasteiger partial charge in [0, 0.05) is 6.20 Å². The van der Waals surface area contributed by atoms with E-state index in [4.69, 9.17) is 0 Å². The first-order chi connectivity index (χ1) is 7.66. The fourth-order valence-corrected chi connectivity index (χ4v) is 1.98. The van der Waals surface area contributed by atoms with Crippen molar-refractivity contribution in [3.8, 4) is 0 Å². The summed E-state index contributed by atoms with van der Waals surface area (Å²) in [4.78, 5) is 27.2. The fourth-order valence-electron chi connectivity index (χ4n) is 1.98. The van der Waals surface area contributed by atoms with Gasteiger partial charge in [0.2, 0.25) is 0 Å². The fraction of sp³-hybridized carbons (Fsp3) is 0.600. The number of aliphatic hydroxyl groups is 1. The molecule has 1 saturated carbocycles. The molecule has 0 radical (unpaired) electrons. The van der Waals surface area contributed by atoms with Gasteiger partial charge in [0.25, 0.3) is 5.91 Å². The van der Waals surface area contributed by atoms with E-state index >= 15 is 0 Å². The van der Waals surface area contributed by atoms with E-state index in [1.165, 1.54) is 6.20 Å². The SMILES string of the molecule is O=C(NC1CCCCC1O)c1c[nH]c(=O)[nH]1. The van der Waals surface area contributed by atoms with Crippen molar-refractivity contribution in [1.82, 2.24) is 15.3 Å². The number of aromatic amines is 2. The Kier molecular flexibility index (Phi) is 3.09. The molecule has 88 valence electrons. The number of H-pyrrole nitrogens is 2. The number of imidazole rings is 1. The molecule has 2 rings (SSSR count). The van der Waals surface area contributed by atoms with Crippen molar-refractivity contribution < 1.29 is 9.90 Å². The molecule has 4 N–H and O–H groups in total. The van der Waals surface area contributed by atoms with Crippen molar-refractivity contribution in [1.29, 1.82) is 0 Å². The molecule has 1 aliphatic carbocycles. The first-order valence-electron chi connectivity index (χ1n) is 5.43. The summed E-state index contributed by atoms with van der Waals surface area (Å²) < 4.78 is 0. The van der Waals surface area contributed by atoms with Crippen LogP contribution in [0.1, 0.15) is 36.2 Å². The van der Waals surface area contributed by atoms with Gasteiger partial charge < -0.3 is 20.4 Å². The summed E-state index contributed by atoms with van der Waals surface area (Å²) in [5.74, 6) is -0.357. The van der Waals surface area contributed by atoms with Crippen LogP contribution in [0.5, 0.6) is 0 Å². The van der Waals surface area contributed by atoms with Crippen molar-refractivity contribution in [3.63, 3.8) is 0 Å². The van der Waals surface area contributed by atoms with E-state index in [1.54, 1.807) is 0 Å². The molecule has 1 aromatic heterocycles. The number of carbonyl (C=O) groups is 1. The molecule has 0 spiro atoms. The van der Waals surface area contributed by atoms with E-state index in [0.717, 1.165) is 19.3 Å². The second-order valence-electron chi connectivity index (χ2n) is 4.09. The Hall–Kier alpha value is -1.56. The zero-order valence-corrected chi connectivity index (χ0v) is 8.82. The largest absolute Gasteiger partial charge is 0.391 e. The van der Waals surface area contributed by atoms with E-state index < -0.39 is 11.8 Å². The zero-order chi connectivity index (χ0) is 11.5. The second-order valence-corrected chi connectivity index (χ2v) is 4.09. The minimum atomic E-state index is -0.483. The lowest BCUT2D eigenvalue weighted by Crippen LogP contribution is -2.45. The van der Waals surface area contributed by atoms with Crippen LogP contribution in [0.3, 0.4) is 0 Å². The van der Waals surface area contributed by atoms with Crippen molar-refractivity contribution in [3.05, 3.63) is 22.4 Å². The number of carbonyl (C=O) groups excluding carboxylic acids is 1. The van der Waals surface area contributed by atoms with Gasteiger partial charge in [-0.15, -0.1) is 0 Å². The summed E-state index contributed by atoms with van der Waals surface area (Å²) in [6.45, 7) is 0. The first kappa shape index (κ1) is 10.9. The topological polar surface area (TPSA) is 98.0 Å². The Morgan fingerprint density at radius 3 is 2.81 bits per heavy atom. The van der Waals surface area contributed by atoms with Crippen LogP contribution in [-0.4, -0.2) is 33.1 Å². The summed E-state index contributed by atoms with van der Waals surface area (Å²) in [5, 5.41) is 12.4. The van der Waals surface area contributed by atoms with Crippen LogP contribution in [0.25, 0.3) is 0 Å². The lowest BCUT2D eigenvalue weighted by Gasteiger charge is -2.28. The van der Waals surface area contributed by atoms with E-state index in [0.29, 0.717) is 6.42 Å². The van der Waals surface area contributed by atoms with Crippen LogP contribution in [-0.2, 0) is 0 Å². The number of aromatic nitrogens is 2. The molecule has 6 heteroatoms. The van der Waals surface area contributed by atoms with Gasteiger partial charge in [-0.1, -0.05) is 12.8 Å². The summed E-state index contributed by atoms with van der Waals surface area (Å²) >= 11 is 0. The standard InChI is InChI=1S/C10H15N3O3/c14-8-4-2-1-3-6(8)12-9(15)7-5-11-10(16)13-7/h5-6,8,14H,1-4H2,(H,12,15)(H2,11,13,16). The predicted molar refractivity (Wildman–Crippen MR) is 57.1 cm³/mol. The average Bonchev–Trinajstić information content (AvgIpc) is 2.68. The Morgan fingerprint density at radius 1 is 1.44 bits per heavy atom. The quantitative estimate of drug-likeness (QED) is 0.558. The monoisotopic (exact) mass is 225 g/mol. The highest BCUT2D eigenvalue weighted by molar-refractivity contribution is 5.92. The molecule has 2 unspecified atom stereocenters.